The summed E-state index contributed by atoms with van der Waals surface area (Å²) in [6.45, 7) is 3.32. The lowest BCUT2D eigenvalue weighted by Crippen LogP contribution is -2.45. The Morgan fingerprint density at radius 3 is 2.30 bits per heavy atom. The molecular weight excluding hydrogens is 410 g/mol. The molecule has 0 unspecified atom stereocenters. The fourth-order valence-corrected chi connectivity index (χ4v) is 3.58. The van der Waals surface area contributed by atoms with Crippen LogP contribution in [0, 0.1) is 5.92 Å². The highest BCUT2D eigenvalue weighted by Crippen LogP contribution is 2.16. The first-order valence-electron chi connectivity index (χ1n) is 9.05. The second kappa shape index (κ2) is 9.99. The Morgan fingerprint density at radius 1 is 1.03 bits per heavy atom. The molecular formula is C20H23N3O6S. The highest BCUT2D eigenvalue weighted by molar-refractivity contribution is 7.89. The van der Waals surface area contributed by atoms with Gasteiger partial charge in [-0.1, -0.05) is 50.2 Å². The number of ether oxygens (including phenoxy) is 1. The van der Waals surface area contributed by atoms with Crippen LogP contribution >= 0.6 is 0 Å². The number of hydrogen-bond acceptors (Lipinski definition) is 6. The van der Waals surface area contributed by atoms with Gasteiger partial charge in [-0.2, -0.15) is 0 Å². The van der Waals surface area contributed by atoms with Crippen LogP contribution in [0.3, 0.4) is 0 Å². The minimum Gasteiger partial charge on any atom is -0.448 e. The molecule has 0 radical (unpaired) electrons. The Hall–Kier alpha value is -3.24. The molecule has 0 aromatic heterocycles. The third-order valence-electron chi connectivity index (χ3n) is 4.03. The summed E-state index contributed by atoms with van der Waals surface area (Å²) < 4.78 is 32.8. The number of esters is 1. The van der Waals surface area contributed by atoms with Gasteiger partial charge in [0.25, 0.3) is 5.91 Å². The average Bonchev–Trinajstić information content (AvgIpc) is 2.70. The van der Waals surface area contributed by atoms with Crippen molar-refractivity contribution >= 4 is 27.9 Å². The standard InChI is InChI=1S/C20H23N3O6S/c1-13(2)17(18(24)23-20(21)26)29-19(25)15-9-6-10-16(11-15)30(27,28)22-12-14-7-4-3-5-8-14/h3-11,13,17,22H,12H2,1-2H3,(H3,21,23,24,26)/t17-/m1/s1. The summed E-state index contributed by atoms with van der Waals surface area (Å²) in [4.78, 5) is 35.2. The smallest absolute Gasteiger partial charge is 0.338 e. The number of carbonyl (C=O) groups is 3. The molecule has 30 heavy (non-hydrogen) atoms. The Morgan fingerprint density at radius 2 is 1.70 bits per heavy atom. The van der Waals surface area contributed by atoms with Crippen LogP contribution in [0.5, 0.6) is 0 Å². The average molecular weight is 433 g/mol. The van der Waals surface area contributed by atoms with Gasteiger partial charge in [0.05, 0.1) is 10.5 Å². The number of sulfonamides is 1. The zero-order chi connectivity index (χ0) is 22.3. The molecule has 0 heterocycles. The lowest BCUT2D eigenvalue weighted by molar-refractivity contribution is -0.130. The van der Waals surface area contributed by atoms with Crippen LogP contribution in [0.1, 0.15) is 29.8 Å². The SMILES string of the molecule is CC(C)[C@@H](OC(=O)c1cccc(S(=O)(=O)NCc2ccccc2)c1)C(=O)NC(N)=O. The Labute approximate surface area is 174 Å². The number of urea groups is 1. The van der Waals surface area contributed by atoms with E-state index in [2.05, 4.69) is 4.72 Å². The maximum atomic E-state index is 12.6. The van der Waals surface area contributed by atoms with E-state index < -0.39 is 40.0 Å². The van der Waals surface area contributed by atoms with Crippen LogP contribution in [0.25, 0.3) is 0 Å². The molecule has 2 aromatic carbocycles. The fraction of sp³-hybridized carbons (Fsp3) is 0.250. The van der Waals surface area contributed by atoms with Crippen molar-refractivity contribution in [1.82, 2.24) is 10.0 Å². The third kappa shape index (κ3) is 6.39. The van der Waals surface area contributed by atoms with Gasteiger partial charge >= 0.3 is 12.0 Å². The summed E-state index contributed by atoms with van der Waals surface area (Å²) in [7, 11) is -3.89. The predicted molar refractivity (Wildman–Crippen MR) is 109 cm³/mol. The van der Waals surface area contributed by atoms with E-state index in [-0.39, 0.29) is 17.0 Å². The van der Waals surface area contributed by atoms with Gasteiger partial charge in [0.2, 0.25) is 10.0 Å². The van der Waals surface area contributed by atoms with Crippen molar-refractivity contribution in [3.63, 3.8) is 0 Å². The molecule has 0 bridgehead atoms. The van der Waals surface area contributed by atoms with Gasteiger partial charge in [0.1, 0.15) is 0 Å². The largest absolute Gasteiger partial charge is 0.448 e. The first-order chi connectivity index (χ1) is 14.1. The molecule has 1 atom stereocenters. The quantitative estimate of drug-likeness (QED) is 0.539. The van der Waals surface area contributed by atoms with Crippen molar-refractivity contribution in [2.24, 2.45) is 11.7 Å². The molecule has 0 saturated carbocycles. The molecule has 0 spiro atoms. The van der Waals surface area contributed by atoms with Crippen molar-refractivity contribution in [3.8, 4) is 0 Å². The van der Waals surface area contributed by atoms with Crippen LogP contribution in [-0.4, -0.2) is 32.4 Å². The van der Waals surface area contributed by atoms with Crippen molar-refractivity contribution in [1.29, 1.82) is 0 Å². The summed E-state index contributed by atoms with van der Waals surface area (Å²) in [5, 5.41) is 1.87. The summed E-state index contributed by atoms with van der Waals surface area (Å²) in [6.07, 6.45) is -1.28. The zero-order valence-corrected chi connectivity index (χ0v) is 17.3. The lowest BCUT2D eigenvalue weighted by Gasteiger charge is -2.20. The Balaban J connectivity index is 2.15. The summed E-state index contributed by atoms with van der Waals surface area (Å²) >= 11 is 0. The van der Waals surface area contributed by atoms with E-state index in [1.807, 2.05) is 11.4 Å². The molecule has 160 valence electrons. The van der Waals surface area contributed by atoms with Crippen LogP contribution in [-0.2, 0) is 26.1 Å². The number of rotatable bonds is 8. The second-order valence-electron chi connectivity index (χ2n) is 6.76. The van der Waals surface area contributed by atoms with E-state index in [9.17, 15) is 22.8 Å². The number of imide groups is 1. The van der Waals surface area contributed by atoms with E-state index in [0.717, 1.165) is 11.6 Å². The maximum Gasteiger partial charge on any atom is 0.338 e. The second-order valence-corrected chi connectivity index (χ2v) is 8.53. The molecule has 0 aliphatic carbocycles. The number of benzene rings is 2. The molecule has 0 saturated heterocycles. The highest BCUT2D eigenvalue weighted by Gasteiger charge is 2.28. The molecule has 0 aliphatic heterocycles. The first-order valence-corrected chi connectivity index (χ1v) is 10.5. The lowest BCUT2D eigenvalue weighted by atomic mass is 10.1. The van der Waals surface area contributed by atoms with Gasteiger partial charge in [0, 0.05) is 6.54 Å². The van der Waals surface area contributed by atoms with Crippen molar-refractivity contribution < 1.29 is 27.5 Å². The molecule has 0 aliphatic rings. The Bertz CT molecular complexity index is 1020. The maximum absolute atomic E-state index is 12.6. The third-order valence-corrected chi connectivity index (χ3v) is 5.43. The van der Waals surface area contributed by atoms with E-state index in [4.69, 9.17) is 10.5 Å². The minimum absolute atomic E-state index is 0.0601. The number of nitrogens with two attached hydrogens (primary N) is 1. The van der Waals surface area contributed by atoms with Crippen molar-refractivity contribution in [2.75, 3.05) is 0 Å². The number of amides is 3. The van der Waals surface area contributed by atoms with Crippen molar-refractivity contribution in [2.45, 2.75) is 31.4 Å². The zero-order valence-electron chi connectivity index (χ0n) is 16.5. The van der Waals surface area contributed by atoms with Crippen LogP contribution in [0.15, 0.2) is 59.5 Å². The highest BCUT2D eigenvalue weighted by atomic mass is 32.2. The van der Waals surface area contributed by atoms with Crippen LogP contribution in [0.4, 0.5) is 4.79 Å². The summed E-state index contributed by atoms with van der Waals surface area (Å²) in [6, 6.07) is 13.1. The number of carbonyl (C=O) groups excluding carboxylic acids is 3. The molecule has 3 amide bonds. The van der Waals surface area contributed by atoms with Gasteiger partial charge in [-0.3, -0.25) is 10.1 Å². The van der Waals surface area contributed by atoms with Crippen LogP contribution < -0.4 is 15.8 Å². The fourth-order valence-electron chi connectivity index (χ4n) is 2.52. The molecule has 2 rings (SSSR count). The molecule has 9 nitrogen and oxygen atoms in total. The topological polar surface area (TPSA) is 145 Å². The number of primary amides is 1. The molecule has 10 heteroatoms. The van der Waals surface area contributed by atoms with E-state index in [1.165, 1.54) is 18.2 Å². The van der Waals surface area contributed by atoms with Gasteiger partial charge in [-0.05, 0) is 29.7 Å². The van der Waals surface area contributed by atoms with Crippen LogP contribution in [0.2, 0.25) is 0 Å². The molecule has 0 fully saturated rings. The van der Waals surface area contributed by atoms with Gasteiger partial charge in [-0.25, -0.2) is 22.7 Å². The molecule has 4 N–H and O–H groups in total. The van der Waals surface area contributed by atoms with Crippen molar-refractivity contribution in [3.05, 3.63) is 65.7 Å². The normalized spacial score (nSPS) is 12.2. The molecule has 2 aromatic rings. The van der Waals surface area contributed by atoms with Gasteiger partial charge < -0.3 is 10.5 Å². The van der Waals surface area contributed by atoms with Gasteiger partial charge in [0.15, 0.2) is 6.10 Å². The summed E-state index contributed by atoms with van der Waals surface area (Å²) in [5.74, 6) is -2.22. The Kier molecular flexibility index (Phi) is 7.67. The number of hydrogen-bond donors (Lipinski definition) is 3. The minimum atomic E-state index is -3.89. The van der Waals surface area contributed by atoms with E-state index in [1.54, 1.807) is 38.1 Å². The van der Waals surface area contributed by atoms with Gasteiger partial charge in [-0.15, -0.1) is 0 Å². The van der Waals surface area contributed by atoms with E-state index in [0.29, 0.717) is 0 Å². The first kappa shape index (κ1) is 23.0. The number of nitrogens with one attached hydrogen (secondary N) is 2. The van der Waals surface area contributed by atoms with E-state index >= 15 is 0 Å². The monoisotopic (exact) mass is 433 g/mol. The summed E-state index contributed by atoms with van der Waals surface area (Å²) in [5.41, 5.74) is 5.64. The predicted octanol–water partition coefficient (Wildman–Crippen LogP) is 1.54.